The van der Waals surface area contributed by atoms with Gasteiger partial charge < -0.3 is 9.90 Å². The first-order chi connectivity index (χ1) is 4.27. The highest BCUT2D eigenvalue weighted by Gasteiger charge is 1.86. The Morgan fingerprint density at radius 2 is 2.22 bits per heavy atom. The van der Waals surface area contributed by atoms with E-state index in [9.17, 15) is 4.79 Å². The Morgan fingerprint density at radius 3 is 2.67 bits per heavy atom. The summed E-state index contributed by atoms with van der Waals surface area (Å²) in [5, 5.41) is 8.26. The quantitative estimate of drug-likeness (QED) is 0.571. The summed E-state index contributed by atoms with van der Waals surface area (Å²) in [4.78, 5) is 10.3. The lowest BCUT2D eigenvalue weighted by atomic mass is 10.2. The number of carbonyl (C=O) groups excluding carboxylic acids is 1. The molecule has 0 bridgehead atoms. The lowest BCUT2D eigenvalue weighted by molar-refractivity contribution is -0.116. The average molecular weight is 128 g/mol. The minimum atomic E-state index is 0.0674. The van der Waals surface area contributed by atoms with Crippen LogP contribution in [0.15, 0.2) is 12.2 Å². The van der Waals surface area contributed by atoms with Crippen LogP contribution in [0.1, 0.15) is 19.8 Å². The lowest BCUT2D eigenvalue weighted by Gasteiger charge is -1.85. The van der Waals surface area contributed by atoms with E-state index in [1.165, 1.54) is 0 Å². The van der Waals surface area contributed by atoms with Gasteiger partial charge in [-0.25, -0.2) is 0 Å². The minimum absolute atomic E-state index is 0.0674. The van der Waals surface area contributed by atoms with Crippen molar-refractivity contribution in [1.82, 2.24) is 0 Å². The number of Topliss-reactive ketones (excluding diaryl/α,β-unsaturated/α-hetero) is 1. The van der Waals surface area contributed by atoms with Gasteiger partial charge in [-0.3, -0.25) is 0 Å². The zero-order valence-electron chi connectivity index (χ0n) is 5.63. The van der Waals surface area contributed by atoms with E-state index in [1.54, 1.807) is 19.1 Å². The number of ketones is 1. The van der Waals surface area contributed by atoms with Crippen molar-refractivity contribution in [3.63, 3.8) is 0 Å². The van der Waals surface area contributed by atoms with Crippen LogP contribution < -0.4 is 0 Å². The van der Waals surface area contributed by atoms with Crippen LogP contribution in [-0.2, 0) is 4.79 Å². The van der Waals surface area contributed by atoms with Crippen molar-refractivity contribution >= 4 is 5.78 Å². The summed E-state index contributed by atoms with van der Waals surface area (Å²) < 4.78 is 0. The van der Waals surface area contributed by atoms with Gasteiger partial charge in [0.05, 0.1) is 6.61 Å². The van der Waals surface area contributed by atoms with Gasteiger partial charge in [-0.05, 0) is 13.3 Å². The van der Waals surface area contributed by atoms with E-state index in [2.05, 4.69) is 0 Å². The Bertz CT molecular complexity index is 105. The zero-order chi connectivity index (χ0) is 7.11. The number of rotatable bonds is 4. The van der Waals surface area contributed by atoms with Crippen molar-refractivity contribution in [2.24, 2.45) is 0 Å². The van der Waals surface area contributed by atoms with Crippen molar-refractivity contribution in [2.75, 3.05) is 6.61 Å². The van der Waals surface area contributed by atoms with Crippen LogP contribution in [0.5, 0.6) is 0 Å². The Hall–Kier alpha value is -0.630. The minimum Gasteiger partial charge on any atom is -0.392 e. The maximum atomic E-state index is 10.3. The fourth-order valence-corrected chi connectivity index (χ4v) is 0.479. The molecule has 0 unspecified atom stereocenters. The van der Waals surface area contributed by atoms with Gasteiger partial charge in [-0.2, -0.15) is 0 Å². The number of hydrogen-bond donors (Lipinski definition) is 1. The maximum Gasteiger partial charge on any atom is 0.130 e. The maximum absolute atomic E-state index is 10.3. The van der Waals surface area contributed by atoms with Crippen molar-refractivity contribution in [2.45, 2.75) is 19.8 Å². The molecule has 0 spiro atoms. The molecular formula is C7H12O2. The van der Waals surface area contributed by atoms with Crippen molar-refractivity contribution in [1.29, 1.82) is 0 Å². The fourth-order valence-electron chi connectivity index (χ4n) is 0.479. The van der Waals surface area contributed by atoms with Gasteiger partial charge in [0.1, 0.15) is 5.78 Å². The molecule has 52 valence electrons. The molecule has 2 nitrogen and oxygen atoms in total. The number of hydrogen-bond acceptors (Lipinski definition) is 2. The van der Waals surface area contributed by atoms with Crippen LogP contribution in [0.2, 0.25) is 0 Å². The molecule has 0 radical (unpaired) electrons. The van der Waals surface area contributed by atoms with Gasteiger partial charge in [0.2, 0.25) is 0 Å². The standard InChI is InChI=1S/C7H12O2/c1-7(9)5-3-2-4-6-8/h2,4,8H,3,5-6H2,1H3/b4-2+. The molecule has 0 aliphatic carbocycles. The molecule has 0 atom stereocenters. The van der Waals surface area contributed by atoms with E-state index in [0.717, 1.165) is 6.42 Å². The van der Waals surface area contributed by atoms with E-state index in [1.807, 2.05) is 0 Å². The number of aliphatic hydroxyl groups excluding tert-OH is 1. The lowest BCUT2D eigenvalue weighted by Crippen LogP contribution is -1.86. The Labute approximate surface area is 55.2 Å². The van der Waals surface area contributed by atoms with Crippen LogP contribution in [0.4, 0.5) is 0 Å². The predicted molar refractivity (Wildman–Crippen MR) is 36.1 cm³/mol. The summed E-state index contributed by atoms with van der Waals surface area (Å²) in [6, 6.07) is 0. The molecule has 0 fully saturated rings. The first kappa shape index (κ1) is 8.37. The summed E-state index contributed by atoms with van der Waals surface area (Å²) in [5.41, 5.74) is 0. The second-order valence-corrected chi connectivity index (χ2v) is 1.89. The Kier molecular flexibility index (Phi) is 5.12. The van der Waals surface area contributed by atoms with E-state index in [4.69, 9.17) is 5.11 Å². The Morgan fingerprint density at radius 1 is 1.56 bits per heavy atom. The number of aliphatic hydroxyl groups is 1. The molecule has 0 aromatic rings. The molecule has 0 heterocycles. The molecule has 0 aromatic carbocycles. The van der Waals surface area contributed by atoms with E-state index < -0.39 is 0 Å². The van der Waals surface area contributed by atoms with E-state index in [-0.39, 0.29) is 12.4 Å². The van der Waals surface area contributed by atoms with Gasteiger partial charge in [0, 0.05) is 6.42 Å². The monoisotopic (exact) mass is 128 g/mol. The molecule has 0 saturated carbocycles. The normalized spacial score (nSPS) is 10.4. The predicted octanol–water partition coefficient (Wildman–Crippen LogP) is 0.904. The van der Waals surface area contributed by atoms with Crippen molar-refractivity contribution in [3.8, 4) is 0 Å². The SMILES string of the molecule is CC(=O)CC/C=C/CO. The molecular weight excluding hydrogens is 116 g/mol. The average Bonchev–Trinajstić information content (AvgIpc) is 1.80. The largest absolute Gasteiger partial charge is 0.392 e. The second kappa shape index (κ2) is 5.51. The molecule has 0 aromatic heterocycles. The van der Waals surface area contributed by atoms with Gasteiger partial charge >= 0.3 is 0 Å². The molecule has 0 rings (SSSR count). The molecule has 0 aliphatic rings. The van der Waals surface area contributed by atoms with Gasteiger partial charge in [0.15, 0.2) is 0 Å². The van der Waals surface area contributed by atoms with Crippen LogP contribution in [0.3, 0.4) is 0 Å². The highest BCUT2D eigenvalue weighted by atomic mass is 16.2. The van der Waals surface area contributed by atoms with Gasteiger partial charge in [0.25, 0.3) is 0 Å². The van der Waals surface area contributed by atoms with E-state index in [0.29, 0.717) is 6.42 Å². The number of allylic oxidation sites excluding steroid dienone is 1. The summed E-state index contributed by atoms with van der Waals surface area (Å²) >= 11 is 0. The summed E-state index contributed by atoms with van der Waals surface area (Å²) in [5.74, 6) is 0.192. The second-order valence-electron chi connectivity index (χ2n) is 1.89. The highest BCUT2D eigenvalue weighted by molar-refractivity contribution is 5.75. The van der Waals surface area contributed by atoms with Crippen LogP contribution in [0, 0.1) is 0 Å². The zero-order valence-corrected chi connectivity index (χ0v) is 5.63. The number of carbonyl (C=O) groups is 1. The first-order valence-electron chi connectivity index (χ1n) is 3.02. The van der Waals surface area contributed by atoms with Crippen molar-refractivity contribution < 1.29 is 9.90 Å². The molecule has 0 aliphatic heterocycles. The first-order valence-corrected chi connectivity index (χ1v) is 3.02. The molecule has 2 heteroatoms. The van der Waals surface area contributed by atoms with Crippen LogP contribution in [0.25, 0.3) is 0 Å². The van der Waals surface area contributed by atoms with Gasteiger partial charge in [-0.15, -0.1) is 0 Å². The smallest absolute Gasteiger partial charge is 0.130 e. The summed E-state index contributed by atoms with van der Waals surface area (Å²) in [6.45, 7) is 1.63. The third-order valence-corrected chi connectivity index (χ3v) is 0.935. The molecule has 1 N–H and O–H groups in total. The molecule has 0 amide bonds. The summed E-state index contributed by atoms with van der Waals surface area (Å²) in [7, 11) is 0. The topological polar surface area (TPSA) is 37.3 Å². The van der Waals surface area contributed by atoms with Crippen molar-refractivity contribution in [3.05, 3.63) is 12.2 Å². The summed E-state index contributed by atoms with van der Waals surface area (Å²) in [6.07, 6.45) is 4.77. The molecule has 0 saturated heterocycles. The van der Waals surface area contributed by atoms with Crippen LogP contribution in [-0.4, -0.2) is 17.5 Å². The van der Waals surface area contributed by atoms with Gasteiger partial charge in [-0.1, -0.05) is 12.2 Å². The highest BCUT2D eigenvalue weighted by Crippen LogP contribution is 1.90. The Balaban J connectivity index is 3.09. The third kappa shape index (κ3) is 7.37. The molecule has 9 heavy (non-hydrogen) atoms. The van der Waals surface area contributed by atoms with Crippen LogP contribution >= 0.6 is 0 Å². The fraction of sp³-hybridized carbons (Fsp3) is 0.571. The third-order valence-electron chi connectivity index (χ3n) is 0.935. The van der Waals surface area contributed by atoms with E-state index >= 15 is 0 Å².